The number of hydrogen-bond donors (Lipinski definition) is 2. The quantitative estimate of drug-likeness (QED) is 0.370. The number of carbonyl (C=O) groups is 1. The molecule has 0 atom stereocenters. The Morgan fingerprint density at radius 2 is 1.67 bits per heavy atom. The highest BCUT2D eigenvalue weighted by molar-refractivity contribution is 7.92. The molecule has 2 N–H and O–H groups in total. The van der Waals surface area contributed by atoms with Crippen LogP contribution in [0.4, 0.5) is 18.9 Å². The Morgan fingerprint density at radius 3 is 2.31 bits per heavy atom. The first-order valence-electron chi connectivity index (χ1n) is 11.6. The van der Waals surface area contributed by atoms with Crippen molar-refractivity contribution in [3.8, 4) is 0 Å². The van der Waals surface area contributed by atoms with Crippen molar-refractivity contribution in [2.75, 3.05) is 18.4 Å². The van der Waals surface area contributed by atoms with Crippen LogP contribution < -0.4 is 10.6 Å². The van der Waals surface area contributed by atoms with Gasteiger partial charge in [-0.15, -0.1) is 11.3 Å². The van der Waals surface area contributed by atoms with Gasteiger partial charge in [-0.2, -0.15) is 17.5 Å². The molecular weight excluding hydrogens is 599 g/mol. The van der Waals surface area contributed by atoms with Crippen molar-refractivity contribution >= 4 is 54.4 Å². The Morgan fingerprint density at radius 1 is 1.00 bits per heavy atom. The molecule has 8 nitrogen and oxygen atoms in total. The molecule has 0 aliphatic carbocycles. The molecular formula is C24H23ClF3N3O5S3. The predicted molar refractivity (Wildman–Crippen MR) is 142 cm³/mol. The van der Waals surface area contributed by atoms with Crippen LogP contribution in [0.5, 0.6) is 0 Å². The summed E-state index contributed by atoms with van der Waals surface area (Å²) in [6, 6.07) is 13.7. The van der Waals surface area contributed by atoms with Crippen molar-refractivity contribution in [3.05, 3.63) is 76.1 Å². The first-order valence-corrected chi connectivity index (χ1v) is 15.7. The van der Waals surface area contributed by atoms with E-state index in [9.17, 15) is 34.8 Å². The topological polar surface area (TPSA) is 113 Å². The molecule has 0 unspecified atom stereocenters. The highest BCUT2D eigenvalue weighted by Crippen LogP contribution is 2.32. The molecule has 39 heavy (non-hydrogen) atoms. The highest BCUT2D eigenvalue weighted by Gasteiger charge is 2.47. The molecule has 15 heteroatoms. The fraction of sp³-hybridized carbons (Fsp3) is 0.292. The average Bonchev–Trinajstić information content (AvgIpc) is 3.38. The number of rotatable bonds is 8. The minimum atomic E-state index is -5.48. The smallest absolute Gasteiger partial charge is 0.382 e. The molecule has 1 aliphatic rings. The zero-order chi connectivity index (χ0) is 28.4. The lowest BCUT2D eigenvalue weighted by atomic mass is 10.1. The highest BCUT2D eigenvalue weighted by atomic mass is 35.5. The molecule has 0 spiro atoms. The standard InChI is InChI=1S/C24H23ClF3N3O5S3/c25-17-6-4-16(5-7-17)23(32)29-15-20-8-9-22(37-20)39(35,36)31-12-10-18(11-13-31)30-19-2-1-3-21(14-19)38(33,34)24(26,27)28/h1-9,14,18,30H,10-13,15H2,(H,29,32). The van der Waals surface area contributed by atoms with E-state index >= 15 is 0 Å². The molecule has 1 saturated heterocycles. The number of thiophene rings is 1. The zero-order valence-corrected chi connectivity index (χ0v) is 23.3. The minimum absolute atomic E-state index is 0.134. The SMILES string of the molecule is O=C(NCc1ccc(S(=O)(=O)N2CCC(Nc3cccc(S(=O)(=O)C(F)(F)F)c3)CC2)s1)c1ccc(Cl)cc1. The molecule has 1 aromatic heterocycles. The minimum Gasteiger partial charge on any atom is -0.382 e. The van der Waals surface area contributed by atoms with Crippen LogP contribution >= 0.6 is 22.9 Å². The van der Waals surface area contributed by atoms with E-state index in [0.29, 0.717) is 28.3 Å². The Hall–Kier alpha value is -2.65. The summed E-state index contributed by atoms with van der Waals surface area (Å²) in [6.07, 6.45) is 0.732. The summed E-state index contributed by atoms with van der Waals surface area (Å²) in [6.45, 7) is 0.485. The molecule has 3 aromatic rings. The Bertz CT molecular complexity index is 1550. The fourth-order valence-corrected chi connectivity index (χ4v) is 7.81. The summed E-state index contributed by atoms with van der Waals surface area (Å²) in [5.74, 6) is -0.319. The second kappa shape index (κ2) is 11.5. The van der Waals surface area contributed by atoms with Crippen LogP contribution in [0.1, 0.15) is 28.1 Å². The molecule has 1 fully saturated rings. The first kappa shape index (κ1) is 29.3. The van der Waals surface area contributed by atoms with Crippen LogP contribution in [-0.2, 0) is 26.4 Å². The fourth-order valence-electron chi connectivity index (χ4n) is 3.95. The van der Waals surface area contributed by atoms with Gasteiger partial charge in [-0.1, -0.05) is 17.7 Å². The van der Waals surface area contributed by atoms with Crippen LogP contribution in [0.2, 0.25) is 5.02 Å². The van der Waals surface area contributed by atoms with Gasteiger partial charge in [0.1, 0.15) is 4.21 Å². The lowest BCUT2D eigenvalue weighted by molar-refractivity contribution is -0.0436. The van der Waals surface area contributed by atoms with Gasteiger partial charge in [-0.05, 0) is 67.4 Å². The van der Waals surface area contributed by atoms with Crippen LogP contribution in [0.25, 0.3) is 0 Å². The predicted octanol–water partition coefficient (Wildman–Crippen LogP) is 4.89. The van der Waals surface area contributed by atoms with Crippen LogP contribution in [0, 0.1) is 0 Å². The van der Waals surface area contributed by atoms with Gasteiger partial charge in [0, 0.05) is 40.3 Å². The zero-order valence-electron chi connectivity index (χ0n) is 20.1. The van der Waals surface area contributed by atoms with Crippen molar-refractivity contribution in [1.29, 1.82) is 0 Å². The van der Waals surface area contributed by atoms with Crippen LogP contribution in [0.3, 0.4) is 0 Å². The average molecular weight is 622 g/mol. The van der Waals surface area contributed by atoms with Gasteiger partial charge in [0.15, 0.2) is 0 Å². The third-order valence-corrected chi connectivity index (χ3v) is 11.2. The van der Waals surface area contributed by atoms with Crippen molar-refractivity contribution < 1.29 is 34.8 Å². The van der Waals surface area contributed by atoms with Gasteiger partial charge < -0.3 is 10.6 Å². The summed E-state index contributed by atoms with van der Waals surface area (Å²) in [7, 11) is -9.26. The number of benzene rings is 2. The lowest BCUT2D eigenvalue weighted by Crippen LogP contribution is -2.42. The Balaban J connectivity index is 1.33. The molecule has 2 aromatic carbocycles. The van der Waals surface area contributed by atoms with Crippen molar-refractivity contribution in [2.45, 2.75) is 40.0 Å². The van der Waals surface area contributed by atoms with Crippen molar-refractivity contribution in [1.82, 2.24) is 9.62 Å². The molecule has 210 valence electrons. The second-order valence-corrected chi connectivity index (χ2v) is 14.4. The monoisotopic (exact) mass is 621 g/mol. The third-order valence-electron chi connectivity index (χ3n) is 6.03. The summed E-state index contributed by atoms with van der Waals surface area (Å²) in [4.78, 5) is 12.1. The van der Waals surface area contributed by atoms with Crippen LogP contribution in [-0.4, -0.2) is 51.7 Å². The number of amides is 1. The number of piperidine rings is 1. The summed E-state index contributed by atoms with van der Waals surface area (Å²) in [5.41, 5.74) is -4.78. The Labute approximate surface area is 232 Å². The van der Waals surface area contributed by atoms with Gasteiger partial charge in [0.25, 0.3) is 25.8 Å². The third kappa shape index (κ3) is 6.74. The number of alkyl halides is 3. The number of nitrogens with one attached hydrogen (secondary N) is 2. The number of sulfonamides is 1. The van der Waals surface area contributed by atoms with Gasteiger partial charge in [-0.3, -0.25) is 4.79 Å². The van der Waals surface area contributed by atoms with E-state index in [-0.39, 0.29) is 41.5 Å². The van der Waals surface area contributed by atoms with Crippen molar-refractivity contribution in [3.63, 3.8) is 0 Å². The van der Waals surface area contributed by atoms with E-state index in [2.05, 4.69) is 10.6 Å². The number of sulfone groups is 1. The number of anilines is 1. The largest absolute Gasteiger partial charge is 0.501 e. The maximum absolute atomic E-state index is 13.1. The van der Waals surface area contributed by atoms with E-state index < -0.39 is 30.3 Å². The van der Waals surface area contributed by atoms with Gasteiger partial charge >= 0.3 is 5.51 Å². The van der Waals surface area contributed by atoms with E-state index in [4.69, 9.17) is 11.6 Å². The molecule has 1 aliphatic heterocycles. The lowest BCUT2D eigenvalue weighted by Gasteiger charge is -2.31. The van der Waals surface area contributed by atoms with Gasteiger partial charge in [0.2, 0.25) is 0 Å². The second-order valence-electron chi connectivity index (χ2n) is 8.71. The Kier molecular flexibility index (Phi) is 8.61. The molecule has 1 amide bonds. The molecule has 0 saturated carbocycles. The van der Waals surface area contributed by atoms with Crippen LogP contribution in [0.15, 0.2) is 69.8 Å². The molecule has 4 rings (SSSR count). The number of halogens is 4. The van der Waals surface area contributed by atoms with Gasteiger partial charge in [-0.25, -0.2) is 16.8 Å². The maximum Gasteiger partial charge on any atom is 0.501 e. The summed E-state index contributed by atoms with van der Waals surface area (Å²) in [5, 5.41) is 6.25. The molecule has 2 heterocycles. The number of nitrogens with zero attached hydrogens (tertiary/aromatic N) is 1. The van der Waals surface area contributed by atoms with Gasteiger partial charge in [0.05, 0.1) is 11.4 Å². The van der Waals surface area contributed by atoms with E-state index in [1.807, 2.05) is 0 Å². The summed E-state index contributed by atoms with van der Waals surface area (Å²) < 4.78 is 89.8. The van der Waals surface area contributed by atoms with E-state index in [1.165, 1.54) is 22.5 Å². The van der Waals surface area contributed by atoms with E-state index in [0.717, 1.165) is 23.5 Å². The number of hydrogen-bond acceptors (Lipinski definition) is 7. The summed E-state index contributed by atoms with van der Waals surface area (Å²) >= 11 is 6.88. The maximum atomic E-state index is 13.1. The normalized spacial score (nSPS) is 15.7. The molecule has 0 bridgehead atoms. The first-order chi connectivity index (χ1) is 18.3. The van der Waals surface area contributed by atoms with Crippen molar-refractivity contribution in [2.24, 2.45) is 0 Å². The van der Waals surface area contributed by atoms with E-state index in [1.54, 1.807) is 30.3 Å². The number of carbonyl (C=O) groups excluding carboxylic acids is 1. The molecule has 0 radical (unpaired) electrons.